The molecule has 0 heterocycles. The van der Waals surface area contributed by atoms with Gasteiger partial charge in [-0.2, -0.15) is 0 Å². The third-order valence-corrected chi connectivity index (χ3v) is 2.12. The van der Waals surface area contributed by atoms with Crippen LogP contribution in [0.1, 0.15) is 30.9 Å². The second-order valence-electron chi connectivity index (χ2n) is 3.55. The van der Waals surface area contributed by atoms with Crippen molar-refractivity contribution in [3.8, 4) is 0 Å². The van der Waals surface area contributed by atoms with Crippen molar-refractivity contribution in [1.82, 2.24) is 0 Å². The van der Waals surface area contributed by atoms with Gasteiger partial charge < -0.3 is 5.73 Å². The topological polar surface area (TPSA) is 38.4 Å². The second kappa shape index (κ2) is 4.22. The van der Waals surface area contributed by atoms with Crippen LogP contribution in [0.15, 0.2) is 17.1 Å². The molecule has 0 bridgehead atoms. The Bertz CT molecular complexity index is 357. The molecular weight excluding hydrogens is 179 g/mol. The Morgan fingerprint density at radius 3 is 2.57 bits per heavy atom. The molecule has 14 heavy (non-hydrogen) atoms. The van der Waals surface area contributed by atoms with E-state index in [0.29, 0.717) is 5.56 Å². The predicted molar refractivity (Wildman–Crippen MR) is 58.4 cm³/mol. The van der Waals surface area contributed by atoms with Crippen molar-refractivity contribution >= 4 is 11.9 Å². The second-order valence-corrected chi connectivity index (χ2v) is 3.55. The maximum atomic E-state index is 13.3. The zero-order valence-electron chi connectivity index (χ0n) is 8.71. The molecule has 0 unspecified atom stereocenters. The number of nitrogens with two attached hydrogens (primary N) is 1. The summed E-state index contributed by atoms with van der Waals surface area (Å²) < 4.78 is 13.3. The summed E-state index contributed by atoms with van der Waals surface area (Å²) >= 11 is 0. The number of rotatable bonds is 2. The first-order valence-electron chi connectivity index (χ1n) is 4.57. The fourth-order valence-corrected chi connectivity index (χ4v) is 1.24. The molecule has 0 aromatic heterocycles. The number of benzene rings is 1. The maximum absolute atomic E-state index is 13.3. The highest BCUT2D eigenvalue weighted by molar-refractivity contribution is 5.87. The summed E-state index contributed by atoms with van der Waals surface area (Å²) in [6.45, 7) is 4.02. The smallest absolute Gasteiger partial charge is 0.147 e. The monoisotopic (exact) mass is 194 g/mol. The van der Waals surface area contributed by atoms with Crippen LogP contribution >= 0.6 is 0 Å². The Morgan fingerprint density at radius 1 is 1.43 bits per heavy atom. The van der Waals surface area contributed by atoms with Crippen molar-refractivity contribution in [1.29, 1.82) is 0 Å². The quantitative estimate of drug-likeness (QED) is 0.570. The molecule has 2 nitrogen and oxygen atoms in total. The average Bonchev–Trinajstić information content (AvgIpc) is 2.12. The molecule has 0 atom stereocenters. The van der Waals surface area contributed by atoms with E-state index in [1.165, 1.54) is 6.07 Å². The lowest BCUT2D eigenvalue weighted by Crippen LogP contribution is -2.00. The molecule has 0 amide bonds. The summed E-state index contributed by atoms with van der Waals surface area (Å²) in [5.74, 6) is -0.0831. The van der Waals surface area contributed by atoms with Gasteiger partial charge in [0.2, 0.25) is 0 Å². The van der Waals surface area contributed by atoms with E-state index >= 15 is 0 Å². The average molecular weight is 194 g/mol. The van der Waals surface area contributed by atoms with E-state index < -0.39 is 0 Å². The molecule has 0 fully saturated rings. The molecule has 0 radical (unpaired) electrons. The summed E-state index contributed by atoms with van der Waals surface area (Å²) in [5, 5.41) is 0. The Labute approximate surface area is 83.7 Å². The number of nitrogen functional groups attached to an aromatic ring is 1. The van der Waals surface area contributed by atoms with Gasteiger partial charge in [-0.25, -0.2) is 4.39 Å². The number of halogens is 1. The Hall–Kier alpha value is -1.38. The zero-order valence-corrected chi connectivity index (χ0v) is 8.71. The summed E-state index contributed by atoms with van der Waals surface area (Å²) in [4.78, 5) is 3.84. The molecule has 3 heteroatoms. The summed E-state index contributed by atoms with van der Waals surface area (Å²) in [6.07, 6.45) is 1.57. The minimum Gasteiger partial charge on any atom is -0.396 e. The SMILES string of the molecule is CN=Cc1cc(C(C)C)cc(F)c1N. The van der Waals surface area contributed by atoms with Crippen LogP contribution in [0.3, 0.4) is 0 Å². The standard InChI is InChI=1S/C11H15FN2/c1-7(2)8-4-9(6-14-3)11(13)10(12)5-8/h4-7H,13H2,1-3H3. The van der Waals surface area contributed by atoms with Crippen molar-refractivity contribution in [3.63, 3.8) is 0 Å². The van der Waals surface area contributed by atoms with Crippen LogP contribution in [0, 0.1) is 5.82 Å². The molecule has 2 N–H and O–H groups in total. The fourth-order valence-electron chi connectivity index (χ4n) is 1.24. The largest absolute Gasteiger partial charge is 0.396 e. The van der Waals surface area contributed by atoms with Crippen LogP contribution in [0.25, 0.3) is 0 Å². The van der Waals surface area contributed by atoms with Crippen LogP contribution in [-0.4, -0.2) is 13.3 Å². The molecule has 0 saturated carbocycles. The first-order valence-corrected chi connectivity index (χ1v) is 4.57. The van der Waals surface area contributed by atoms with Gasteiger partial charge in [0, 0.05) is 18.8 Å². The molecule has 76 valence electrons. The van der Waals surface area contributed by atoms with E-state index in [1.807, 2.05) is 19.9 Å². The Balaban J connectivity index is 3.28. The van der Waals surface area contributed by atoms with Gasteiger partial charge in [-0.05, 0) is 23.6 Å². The summed E-state index contributed by atoms with van der Waals surface area (Å²) in [7, 11) is 1.64. The first-order chi connectivity index (χ1) is 6.56. The van der Waals surface area contributed by atoms with E-state index in [-0.39, 0.29) is 17.4 Å². The normalized spacial score (nSPS) is 11.5. The molecule has 0 spiro atoms. The van der Waals surface area contributed by atoms with Crippen LogP contribution in [0.5, 0.6) is 0 Å². The van der Waals surface area contributed by atoms with E-state index in [9.17, 15) is 4.39 Å². The highest BCUT2D eigenvalue weighted by Crippen LogP contribution is 2.22. The fraction of sp³-hybridized carbons (Fsp3) is 0.364. The number of aliphatic imine (C=N–C) groups is 1. The van der Waals surface area contributed by atoms with Crippen LogP contribution in [-0.2, 0) is 0 Å². The number of anilines is 1. The first kappa shape index (κ1) is 10.7. The van der Waals surface area contributed by atoms with Crippen LogP contribution in [0.2, 0.25) is 0 Å². The van der Waals surface area contributed by atoms with E-state index in [1.54, 1.807) is 13.3 Å². The lowest BCUT2D eigenvalue weighted by atomic mass is 10.00. The van der Waals surface area contributed by atoms with Crippen molar-refractivity contribution in [2.45, 2.75) is 19.8 Å². The lowest BCUT2D eigenvalue weighted by Gasteiger charge is -2.09. The number of hydrogen-bond donors (Lipinski definition) is 1. The summed E-state index contributed by atoms with van der Waals surface area (Å²) in [5.41, 5.74) is 7.32. The van der Waals surface area contributed by atoms with Gasteiger partial charge in [0.05, 0.1) is 5.69 Å². The van der Waals surface area contributed by atoms with Gasteiger partial charge in [-0.3, -0.25) is 4.99 Å². The number of hydrogen-bond acceptors (Lipinski definition) is 2. The predicted octanol–water partition coefficient (Wildman–Crippen LogP) is 2.58. The van der Waals surface area contributed by atoms with E-state index in [2.05, 4.69) is 4.99 Å². The Kier molecular flexibility index (Phi) is 3.23. The highest BCUT2D eigenvalue weighted by Gasteiger charge is 2.08. The van der Waals surface area contributed by atoms with Gasteiger partial charge in [0.1, 0.15) is 5.82 Å². The van der Waals surface area contributed by atoms with Crippen molar-refractivity contribution < 1.29 is 4.39 Å². The van der Waals surface area contributed by atoms with Gasteiger partial charge in [-0.15, -0.1) is 0 Å². The van der Waals surface area contributed by atoms with Gasteiger partial charge in [0.15, 0.2) is 0 Å². The molecule has 1 aromatic rings. The highest BCUT2D eigenvalue weighted by atomic mass is 19.1. The molecule has 0 aliphatic carbocycles. The minimum atomic E-state index is -0.369. The van der Waals surface area contributed by atoms with Crippen LogP contribution < -0.4 is 5.73 Å². The molecule has 1 aromatic carbocycles. The molecule has 0 aliphatic rings. The van der Waals surface area contributed by atoms with Gasteiger partial charge in [-0.1, -0.05) is 13.8 Å². The van der Waals surface area contributed by atoms with Crippen molar-refractivity contribution in [2.75, 3.05) is 12.8 Å². The summed E-state index contributed by atoms with van der Waals surface area (Å²) in [6, 6.07) is 3.35. The minimum absolute atomic E-state index is 0.167. The molecule has 0 saturated heterocycles. The van der Waals surface area contributed by atoms with Crippen LogP contribution in [0.4, 0.5) is 10.1 Å². The number of nitrogens with zero attached hydrogens (tertiary/aromatic N) is 1. The third kappa shape index (κ3) is 2.10. The Morgan fingerprint density at radius 2 is 2.07 bits per heavy atom. The van der Waals surface area contributed by atoms with Gasteiger partial charge in [0.25, 0.3) is 0 Å². The molecule has 0 aliphatic heterocycles. The van der Waals surface area contributed by atoms with Crippen molar-refractivity contribution in [2.24, 2.45) is 4.99 Å². The third-order valence-electron chi connectivity index (χ3n) is 2.12. The molecular formula is C11H15FN2. The maximum Gasteiger partial charge on any atom is 0.147 e. The van der Waals surface area contributed by atoms with E-state index in [4.69, 9.17) is 5.73 Å². The van der Waals surface area contributed by atoms with Gasteiger partial charge >= 0.3 is 0 Å². The zero-order chi connectivity index (χ0) is 10.7. The lowest BCUT2D eigenvalue weighted by molar-refractivity contribution is 0.628. The van der Waals surface area contributed by atoms with E-state index in [0.717, 1.165) is 5.56 Å². The van der Waals surface area contributed by atoms with Crippen molar-refractivity contribution in [3.05, 3.63) is 29.1 Å². The molecule has 1 rings (SSSR count).